The van der Waals surface area contributed by atoms with Gasteiger partial charge in [0.05, 0.1) is 0 Å². The maximum absolute atomic E-state index is 6.34. The fourth-order valence-corrected chi connectivity index (χ4v) is 4.07. The second-order valence-electron chi connectivity index (χ2n) is 5.04. The third kappa shape index (κ3) is 3.49. The quantitative estimate of drug-likeness (QED) is 0.566. The van der Waals surface area contributed by atoms with Crippen molar-refractivity contribution in [1.82, 2.24) is 0 Å². The zero-order valence-electron chi connectivity index (χ0n) is 12.4. The molecule has 1 unspecified atom stereocenters. The van der Waals surface area contributed by atoms with Crippen LogP contribution in [0.3, 0.4) is 0 Å². The molecule has 3 rings (SSSR count). The van der Waals surface area contributed by atoms with Crippen molar-refractivity contribution < 1.29 is 4.18 Å². The van der Waals surface area contributed by atoms with Crippen molar-refractivity contribution in [2.24, 2.45) is 0 Å². The van der Waals surface area contributed by atoms with Crippen LogP contribution in [0.25, 0.3) is 0 Å². The van der Waals surface area contributed by atoms with E-state index in [2.05, 4.69) is 61.5 Å². The van der Waals surface area contributed by atoms with Gasteiger partial charge in [0.2, 0.25) is 9.79 Å². The first-order valence-electron chi connectivity index (χ1n) is 7.18. The standard InChI is InChI=1S/C19H17OS2/c1-15-7-5-6-10-19(15)22(18-8-3-2-4-9-18)20-16-11-13-17(21)14-12-16/h2-13H,14H2,1H3/q+1. The van der Waals surface area contributed by atoms with E-state index in [1.165, 1.54) is 15.4 Å². The number of rotatable bonds is 4. The van der Waals surface area contributed by atoms with Crippen LogP contribution in [0.15, 0.2) is 88.4 Å². The third-order valence-electron chi connectivity index (χ3n) is 3.37. The first kappa shape index (κ1) is 15.1. The predicted molar refractivity (Wildman–Crippen MR) is 97.0 cm³/mol. The highest BCUT2D eigenvalue weighted by atomic mass is 32.2. The van der Waals surface area contributed by atoms with Gasteiger partial charge >= 0.3 is 0 Å². The van der Waals surface area contributed by atoms with Gasteiger partial charge < -0.3 is 0 Å². The summed E-state index contributed by atoms with van der Waals surface area (Å²) in [5, 5.41) is 0. The van der Waals surface area contributed by atoms with Crippen LogP contribution in [0.4, 0.5) is 0 Å². The molecule has 0 radical (unpaired) electrons. The Labute approximate surface area is 139 Å². The summed E-state index contributed by atoms with van der Waals surface area (Å²) in [5.74, 6) is 0.893. The molecule has 0 saturated carbocycles. The largest absolute Gasteiger partial charge is 0.274 e. The van der Waals surface area contributed by atoms with Gasteiger partial charge in [0.25, 0.3) is 11.2 Å². The van der Waals surface area contributed by atoms with Crippen molar-refractivity contribution in [3.8, 4) is 0 Å². The van der Waals surface area contributed by atoms with Crippen LogP contribution in [0.2, 0.25) is 0 Å². The molecule has 0 amide bonds. The van der Waals surface area contributed by atoms with Crippen LogP contribution in [0.5, 0.6) is 0 Å². The summed E-state index contributed by atoms with van der Waals surface area (Å²) in [4.78, 5) is 3.35. The lowest BCUT2D eigenvalue weighted by Gasteiger charge is -2.11. The first-order chi connectivity index (χ1) is 10.7. The molecule has 0 bridgehead atoms. The third-order valence-corrected chi connectivity index (χ3v) is 5.59. The van der Waals surface area contributed by atoms with Gasteiger partial charge in [-0.3, -0.25) is 4.18 Å². The number of aryl methyl sites for hydroxylation is 1. The second-order valence-corrected chi connectivity index (χ2v) is 7.18. The van der Waals surface area contributed by atoms with Crippen LogP contribution in [-0.2, 0) is 15.4 Å². The molecule has 0 aliphatic heterocycles. The van der Waals surface area contributed by atoms with Gasteiger partial charge in [0.1, 0.15) is 0 Å². The molecule has 1 nitrogen and oxygen atoms in total. The Morgan fingerprint density at radius 2 is 1.68 bits per heavy atom. The van der Waals surface area contributed by atoms with E-state index in [-0.39, 0.29) is 0 Å². The molecule has 22 heavy (non-hydrogen) atoms. The number of thiocarbonyl (C=S) groups is 1. The molecule has 0 saturated heterocycles. The van der Waals surface area contributed by atoms with Crippen LogP contribution in [0, 0.1) is 6.92 Å². The molecule has 0 fully saturated rings. The zero-order chi connectivity index (χ0) is 15.4. The highest BCUT2D eigenvalue weighted by Gasteiger charge is 2.31. The van der Waals surface area contributed by atoms with Gasteiger partial charge in [-0.2, -0.15) is 0 Å². The van der Waals surface area contributed by atoms with Gasteiger partial charge in [-0.25, -0.2) is 0 Å². The predicted octanol–water partition coefficient (Wildman–Crippen LogP) is 5.18. The van der Waals surface area contributed by atoms with Crippen molar-refractivity contribution in [3.63, 3.8) is 0 Å². The minimum atomic E-state index is -0.434. The highest BCUT2D eigenvalue weighted by Crippen LogP contribution is 2.30. The van der Waals surface area contributed by atoms with Crippen LogP contribution >= 0.6 is 12.2 Å². The van der Waals surface area contributed by atoms with Crippen molar-refractivity contribution in [3.05, 3.63) is 84.1 Å². The number of hydrogen-bond acceptors (Lipinski definition) is 2. The number of benzene rings is 2. The van der Waals surface area contributed by atoms with Gasteiger partial charge in [0, 0.05) is 16.8 Å². The molecule has 0 spiro atoms. The summed E-state index contributed by atoms with van der Waals surface area (Å²) in [6.45, 7) is 2.13. The van der Waals surface area contributed by atoms with Crippen molar-refractivity contribution in [2.45, 2.75) is 23.1 Å². The monoisotopic (exact) mass is 325 g/mol. The Morgan fingerprint density at radius 1 is 0.955 bits per heavy atom. The lowest BCUT2D eigenvalue weighted by atomic mass is 10.2. The van der Waals surface area contributed by atoms with Crippen LogP contribution < -0.4 is 0 Å². The van der Waals surface area contributed by atoms with E-state index in [9.17, 15) is 0 Å². The summed E-state index contributed by atoms with van der Waals surface area (Å²) in [6, 6.07) is 18.8. The van der Waals surface area contributed by atoms with E-state index in [4.69, 9.17) is 16.4 Å². The Balaban J connectivity index is 1.96. The van der Waals surface area contributed by atoms with E-state index in [1.807, 2.05) is 18.2 Å². The van der Waals surface area contributed by atoms with Crippen LogP contribution in [0.1, 0.15) is 12.0 Å². The normalized spacial score (nSPS) is 15.3. The Hall–Kier alpha value is -1.84. The molecule has 0 aromatic heterocycles. The molecule has 1 aliphatic carbocycles. The minimum Gasteiger partial charge on any atom is -0.274 e. The maximum atomic E-state index is 6.34. The van der Waals surface area contributed by atoms with Crippen molar-refractivity contribution in [1.29, 1.82) is 0 Å². The zero-order valence-corrected chi connectivity index (χ0v) is 14.0. The molecule has 1 aliphatic rings. The SMILES string of the molecule is Cc1ccccc1[S+](OC1=CCC(=S)C=C1)c1ccccc1. The number of allylic oxidation sites excluding steroid dienone is 3. The molecule has 1 atom stereocenters. The Kier molecular flexibility index (Phi) is 4.76. The summed E-state index contributed by atoms with van der Waals surface area (Å²) in [5.41, 5.74) is 1.24. The molecule has 2 aromatic rings. The molecule has 0 heterocycles. The smallest absolute Gasteiger partial charge is 0.273 e. The van der Waals surface area contributed by atoms with Crippen molar-refractivity contribution >= 4 is 28.3 Å². The van der Waals surface area contributed by atoms with E-state index < -0.39 is 11.2 Å². The Bertz CT molecular complexity index is 732. The van der Waals surface area contributed by atoms with E-state index >= 15 is 0 Å². The van der Waals surface area contributed by atoms with Crippen LogP contribution in [-0.4, -0.2) is 4.86 Å². The first-order valence-corrected chi connectivity index (χ1v) is 8.74. The summed E-state index contributed by atoms with van der Waals surface area (Å²) >= 11 is 4.76. The minimum absolute atomic E-state index is 0.434. The van der Waals surface area contributed by atoms with E-state index in [1.54, 1.807) is 0 Å². The topological polar surface area (TPSA) is 9.23 Å². The van der Waals surface area contributed by atoms with Gasteiger partial charge in [-0.1, -0.05) is 48.6 Å². The lowest BCUT2D eigenvalue weighted by molar-refractivity contribution is 0.500. The summed E-state index contributed by atoms with van der Waals surface area (Å²) in [6.07, 6.45) is 6.76. The van der Waals surface area contributed by atoms with Gasteiger partial charge in [-0.15, -0.1) is 0 Å². The van der Waals surface area contributed by atoms with E-state index in [0.717, 1.165) is 17.0 Å². The fraction of sp³-hybridized carbons (Fsp3) is 0.105. The average molecular weight is 325 g/mol. The summed E-state index contributed by atoms with van der Waals surface area (Å²) in [7, 11) is 0. The molecular formula is C19H17OS2+. The molecule has 0 N–H and O–H groups in total. The average Bonchev–Trinajstić information content (AvgIpc) is 2.56. The maximum Gasteiger partial charge on any atom is 0.273 e. The van der Waals surface area contributed by atoms with Crippen molar-refractivity contribution in [2.75, 3.05) is 0 Å². The lowest BCUT2D eigenvalue weighted by Crippen LogP contribution is -2.10. The second kappa shape index (κ2) is 6.95. The number of hydrogen-bond donors (Lipinski definition) is 0. The molecule has 3 heteroatoms. The molecular weight excluding hydrogens is 308 g/mol. The highest BCUT2D eigenvalue weighted by molar-refractivity contribution is 7.92. The fourth-order valence-electron chi connectivity index (χ4n) is 2.20. The molecule has 110 valence electrons. The van der Waals surface area contributed by atoms with Gasteiger partial charge in [-0.05, 0) is 43.4 Å². The Morgan fingerprint density at radius 3 is 2.36 bits per heavy atom. The van der Waals surface area contributed by atoms with E-state index in [0.29, 0.717) is 0 Å². The van der Waals surface area contributed by atoms with Gasteiger partial charge in [0.15, 0.2) is 5.76 Å². The molecule has 2 aromatic carbocycles. The summed E-state index contributed by atoms with van der Waals surface area (Å²) < 4.78 is 6.34.